The molecule has 1 aromatic carbocycles. The molecule has 0 aliphatic heterocycles. The molecule has 0 unspecified atom stereocenters. The molecule has 22 heavy (non-hydrogen) atoms. The van der Waals surface area contributed by atoms with Crippen LogP contribution in [-0.4, -0.2) is 44.8 Å². The van der Waals surface area contributed by atoms with Crippen molar-refractivity contribution >= 4 is 6.03 Å². The first kappa shape index (κ1) is 18.3. The summed E-state index contributed by atoms with van der Waals surface area (Å²) in [4.78, 5) is 14.0. The Kier molecular flexibility index (Phi) is 7.74. The van der Waals surface area contributed by atoms with Gasteiger partial charge in [0.2, 0.25) is 0 Å². The Labute approximate surface area is 133 Å². The number of benzene rings is 1. The first-order valence-corrected chi connectivity index (χ1v) is 7.73. The van der Waals surface area contributed by atoms with Gasteiger partial charge in [0.15, 0.2) is 0 Å². The first-order valence-electron chi connectivity index (χ1n) is 7.73. The lowest BCUT2D eigenvalue weighted by molar-refractivity contribution is 0.141. The quantitative estimate of drug-likeness (QED) is 0.751. The lowest BCUT2D eigenvalue weighted by Crippen LogP contribution is -2.42. The van der Waals surface area contributed by atoms with Crippen molar-refractivity contribution in [3.05, 3.63) is 29.8 Å². The Morgan fingerprint density at radius 3 is 2.41 bits per heavy atom. The second-order valence-electron chi connectivity index (χ2n) is 5.50. The number of methoxy groups -OCH3 is 1. The minimum atomic E-state index is -0.0887. The highest BCUT2D eigenvalue weighted by Crippen LogP contribution is 2.28. The Balaban J connectivity index is 2.74. The van der Waals surface area contributed by atoms with Crippen molar-refractivity contribution < 1.29 is 14.3 Å². The maximum absolute atomic E-state index is 12.3. The second-order valence-corrected chi connectivity index (χ2v) is 5.50. The largest absolute Gasteiger partial charge is 0.497 e. The van der Waals surface area contributed by atoms with Crippen LogP contribution in [-0.2, 0) is 4.74 Å². The van der Waals surface area contributed by atoms with Gasteiger partial charge < -0.3 is 19.7 Å². The van der Waals surface area contributed by atoms with E-state index in [1.54, 1.807) is 12.0 Å². The third-order valence-corrected chi connectivity index (χ3v) is 3.55. The fourth-order valence-electron chi connectivity index (χ4n) is 2.48. The Bertz CT molecular complexity index is 446. The van der Waals surface area contributed by atoms with E-state index >= 15 is 0 Å². The van der Waals surface area contributed by atoms with Gasteiger partial charge in [-0.2, -0.15) is 0 Å². The van der Waals surface area contributed by atoms with Gasteiger partial charge in [-0.3, -0.25) is 0 Å². The molecule has 0 saturated heterocycles. The number of urea groups is 1. The molecule has 124 valence electrons. The summed E-state index contributed by atoms with van der Waals surface area (Å²) in [6.45, 7) is 7.87. The van der Waals surface area contributed by atoms with Crippen molar-refractivity contribution in [2.24, 2.45) is 5.92 Å². The Morgan fingerprint density at radius 2 is 1.91 bits per heavy atom. The minimum Gasteiger partial charge on any atom is -0.497 e. The molecular weight excluding hydrogens is 280 g/mol. The number of amides is 2. The Hall–Kier alpha value is -1.75. The summed E-state index contributed by atoms with van der Waals surface area (Å²) in [6, 6.07) is 7.78. The molecule has 1 rings (SSSR count). The van der Waals surface area contributed by atoms with Crippen molar-refractivity contribution in [2.75, 3.05) is 33.9 Å². The second kappa shape index (κ2) is 9.30. The van der Waals surface area contributed by atoms with Crippen molar-refractivity contribution in [1.29, 1.82) is 0 Å². The number of hydrogen-bond acceptors (Lipinski definition) is 3. The standard InChI is InChI=1S/C17H28N2O3/c1-6-22-12-11-18-17(20)19(4)16(13(2)3)14-7-9-15(21-5)10-8-14/h7-10,13,16H,6,11-12H2,1-5H3,(H,18,20)/t16-/m0/s1. The van der Waals surface area contributed by atoms with Crippen LogP contribution in [0.1, 0.15) is 32.4 Å². The molecule has 1 N–H and O–H groups in total. The highest BCUT2D eigenvalue weighted by atomic mass is 16.5. The number of ether oxygens (including phenoxy) is 2. The van der Waals surface area contributed by atoms with Gasteiger partial charge in [0.25, 0.3) is 0 Å². The number of nitrogens with zero attached hydrogens (tertiary/aromatic N) is 1. The van der Waals surface area contributed by atoms with Gasteiger partial charge >= 0.3 is 6.03 Å². The number of rotatable bonds is 8. The molecule has 0 aliphatic carbocycles. The average molecular weight is 308 g/mol. The van der Waals surface area contributed by atoms with Crippen LogP contribution in [0.15, 0.2) is 24.3 Å². The van der Waals surface area contributed by atoms with Crippen molar-refractivity contribution in [3.8, 4) is 5.75 Å². The summed E-state index contributed by atoms with van der Waals surface area (Å²) in [5, 5.41) is 2.88. The molecule has 0 radical (unpaired) electrons. The van der Waals surface area contributed by atoms with Gasteiger partial charge in [-0.25, -0.2) is 4.79 Å². The summed E-state index contributed by atoms with van der Waals surface area (Å²) in [7, 11) is 3.47. The molecule has 0 aromatic heterocycles. The van der Waals surface area contributed by atoms with E-state index in [0.29, 0.717) is 25.7 Å². The molecule has 2 amide bonds. The van der Waals surface area contributed by atoms with E-state index in [0.717, 1.165) is 11.3 Å². The normalized spacial score (nSPS) is 12.1. The molecule has 0 saturated carbocycles. The minimum absolute atomic E-state index is 0.0120. The molecular formula is C17H28N2O3. The molecule has 0 bridgehead atoms. The van der Waals surface area contributed by atoms with E-state index in [-0.39, 0.29) is 12.1 Å². The molecule has 0 spiro atoms. The summed E-state index contributed by atoms with van der Waals surface area (Å²) >= 11 is 0. The molecule has 0 aliphatic rings. The van der Waals surface area contributed by atoms with Crippen LogP contribution in [0.2, 0.25) is 0 Å². The maximum Gasteiger partial charge on any atom is 0.317 e. The number of hydrogen-bond donors (Lipinski definition) is 1. The summed E-state index contributed by atoms with van der Waals surface area (Å²) in [5.74, 6) is 1.12. The van der Waals surface area contributed by atoms with Gasteiger partial charge in [-0.1, -0.05) is 26.0 Å². The molecule has 1 atom stereocenters. The zero-order chi connectivity index (χ0) is 16.5. The van der Waals surface area contributed by atoms with Crippen LogP contribution >= 0.6 is 0 Å². The van der Waals surface area contributed by atoms with Crippen LogP contribution in [0.3, 0.4) is 0 Å². The van der Waals surface area contributed by atoms with Crippen LogP contribution in [0.5, 0.6) is 5.75 Å². The van der Waals surface area contributed by atoms with Gasteiger partial charge in [0, 0.05) is 20.2 Å². The smallest absolute Gasteiger partial charge is 0.317 e. The van der Waals surface area contributed by atoms with Crippen LogP contribution in [0, 0.1) is 5.92 Å². The van der Waals surface area contributed by atoms with Crippen LogP contribution in [0.4, 0.5) is 4.79 Å². The predicted molar refractivity (Wildman–Crippen MR) is 88.2 cm³/mol. The van der Waals surface area contributed by atoms with Crippen molar-refractivity contribution in [2.45, 2.75) is 26.8 Å². The fourth-order valence-corrected chi connectivity index (χ4v) is 2.48. The SMILES string of the molecule is CCOCCNC(=O)N(C)[C@H](c1ccc(OC)cc1)C(C)C. The Morgan fingerprint density at radius 1 is 1.27 bits per heavy atom. The summed E-state index contributed by atoms with van der Waals surface area (Å²) < 4.78 is 10.4. The van der Waals surface area contributed by atoms with Gasteiger partial charge in [0.1, 0.15) is 5.75 Å². The third kappa shape index (κ3) is 5.22. The fraction of sp³-hybridized carbons (Fsp3) is 0.588. The highest BCUT2D eigenvalue weighted by molar-refractivity contribution is 5.74. The number of carbonyl (C=O) groups excluding carboxylic acids is 1. The predicted octanol–water partition coefficient (Wildman–Crippen LogP) is 3.07. The molecule has 0 heterocycles. The average Bonchev–Trinajstić information content (AvgIpc) is 2.51. The number of nitrogens with one attached hydrogen (secondary N) is 1. The topological polar surface area (TPSA) is 50.8 Å². The van der Waals surface area contributed by atoms with E-state index in [1.807, 2.05) is 38.2 Å². The van der Waals surface area contributed by atoms with E-state index in [1.165, 1.54) is 0 Å². The zero-order valence-corrected chi connectivity index (χ0v) is 14.3. The zero-order valence-electron chi connectivity index (χ0n) is 14.3. The van der Waals surface area contributed by atoms with E-state index < -0.39 is 0 Å². The summed E-state index contributed by atoms with van der Waals surface area (Å²) in [6.07, 6.45) is 0. The van der Waals surface area contributed by atoms with Gasteiger partial charge in [0.05, 0.1) is 19.8 Å². The molecule has 5 nitrogen and oxygen atoms in total. The lowest BCUT2D eigenvalue weighted by atomic mass is 9.95. The van der Waals surface area contributed by atoms with Crippen LogP contribution in [0.25, 0.3) is 0 Å². The highest BCUT2D eigenvalue weighted by Gasteiger charge is 2.24. The van der Waals surface area contributed by atoms with Crippen molar-refractivity contribution in [1.82, 2.24) is 10.2 Å². The van der Waals surface area contributed by atoms with Gasteiger partial charge in [-0.05, 0) is 30.5 Å². The van der Waals surface area contributed by atoms with E-state index in [9.17, 15) is 4.79 Å². The lowest BCUT2D eigenvalue weighted by Gasteiger charge is -2.32. The first-order chi connectivity index (χ1) is 10.5. The van der Waals surface area contributed by atoms with E-state index in [4.69, 9.17) is 9.47 Å². The molecule has 5 heteroatoms. The van der Waals surface area contributed by atoms with Crippen molar-refractivity contribution in [3.63, 3.8) is 0 Å². The van der Waals surface area contributed by atoms with Gasteiger partial charge in [-0.15, -0.1) is 0 Å². The molecule has 0 fully saturated rings. The maximum atomic E-state index is 12.3. The van der Waals surface area contributed by atoms with E-state index in [2.05, 4.69) is 19.2 Å². The molecule has 1 aromatic rings. The third-order valence-electron chi connectivity index (χ3n) is 3.55. The number of carbonyl (C=O) groups is 1. The van der Waals surface area contributed by atoms with Crippen LogP contribution < -0.4 is 10.1 Å². The monoisotopic (exact) mass is 308 g/mol. The summed E-state index contributed by atoms with van der Waals surface area (Å²) in [5.41, 5.74) is 1.10.